The molecule has 0 heterocycles. The lowest BCUT2D eigenvalue weighted by Gasteiger charge is -2.22. The number of nitrogens with one attached hydrogen (secondary N) is 1. The topological polar surface area (TPSA) is 95.9 Å². The van der Waals surface area contributed by atoms with Gasteiger partial charge in [0.1, 0.15) is 0 Å². The predicted molar refractivity (Wildman–Crippen MR) is 232 cm³/mol. The minimum Gasteiger partial charge on any atom is -0.466 e. The fourth-order valence-electron chi connectivity index (χ4n) is 7.34. The molecule has 6 heteroatoms. The van der Waals surface area contributed by atoms with Crippen LogP contribution in [0.3, 0.4) is 0 Å². The molecule has 0 aliphatic rings. The molecule has 0 aliphatic carbocycles. The fraction of sp³-hybridized carbons (Fsp3) is 0.917. The normalized spacial score (nSPS) is 12.7. The average molecular weight is 764 g/mol. The highest BCUT2D eigenvalue weighted by molar-refractivity contribution is 5.76. The van der Waals surface area contributed by atoms with E-state index in [9.17, 15) is 19.8 Å². The summed E-state index contributed by atoms with van der Waals surface area (Å²) in [6.07, 6.45) is 48.9. The highest BCUT2D eigenvalue weighted by Gasteiger charge is 2.20. The van der Waals surface area contributed by atoms with Crippen molar-refractivity contribution in [1.82, 2.24) is 5.32 Å². The van der Waals surface area contributed by atoms with E-state index in [-0.39, 0.29) is 18.5 Å². The average Bonchev–Trinajstić information content (AvgIpc) is 3.17. The molecule has 54 heavy (non-hydrogen) atoms. The molecular weight excluding hydrogens is 671 g/mol. The molecule has 0 spiro atoms. The number of amides is 1. The molecule has 1 amide bonds. The number of carbonyl (C=O) groups excluding carboxylic acids is 2. The van der Waals surface area contributed by atoms with E-state index in [0.717, 1.165) is 77.0 Å². The van der Waals surface area contributed by atoms with Gasteiger partial charge in [0.05, 0.1) is 25.4 Å². The fourth-order valence-corrected chi connectivity index (χ4v) is 7.34. The van der Waals surface area contributed by atoms with Gasteiger partial charge in [-0.25, -0.2) is 0 Å². The van der Waals surface area contributed by atoms with Crippen molar-refractivity contribution in [2.45, 2.75) is 270 Å². The molecule has 2 unspecified atom stereocenters. The van der Waals surface area contributed by atoms with Crippen LogP contribution in [0.2, 0.25) is 0 Å². The first-order valence-electron chi connectivity index (χ1n) is 23.9. The Kier molecular flexibility index (Phi) is 43.2. The number of aliphatic hydroxyl groups is 2. The zero-order valence-electron chi connectivity index (χ0n) is 36.2. The number of ether oxygens (including phenoxy) is 1. The molecule has 3 N–H and O–H groups in total. The second kappa shape index (κ2) is 44.3. The predicted octanol–water partition coefficient (Wildman–Crippen LogP) is 13.8. The number of unbranched alkanes of at least 4 members (excludes halogenated alkanes) is 31. The Hall–Kier alpha value is -1.40. The van der Waals surface area contributed by atoms with Gasteiger partial charge in [0.15, 0.2) is 0 Å². The maximum atomic E-state index is 12.4. The molecule has 0 saturated carbocycles. The second-order valence-electron chi connectivity index (χ2n) is 16.4. The van der Waals surface area contributed by atoms with E-state index >= 15 is 0 Å². The van der Waals surface area contributed by atoms with Gasteiger partial charge in [-0.05, 0) is 51.4 Å². The molecule has 0 bridgehead atoms. The summed E-state index contributed by atoms with van der Waals surface area (Å²) in [5.41, 5.74) is 0. The van der Waals surface area contributed by atoms with E-state index in [0.29, 0.717) is 25.9 Å². The van der Waals surface area contributed by atoms with Crippen molar-refractivity contribution < 1.29 is 24.5 Å². The molecule has 320 valence electrons. The van der Waals surface area contributed by atoms with Gasteiger partial charge >= 0.3 is 5.97 Å². The molecule has 0 radical (unpaired) electrons. The molecule has 6 nitrogen and oxygen atoms in total. The van der Waals surface area contributed by atoms with Crippen molar-refractivity contribution in [3.8, 4) is 0 Å². The summed E-state index contributed by atoms with van der Waals surface area (Å²) in [5, 5.41) is 23.1. The number of hydrogen-bond donors (Lipinski definition) is 3. The number of hydrogen-bond acceptors (Lipinski definition) is 5. The van der Waals surface area contributed by atoms with Crippen LogP contribution in [0.1, 0.15) is 258 Å². The van der Waals surface area contributed by atoms with E-state index in [4.69, 9.17) is 4.74 Å². The molecule has 0 aromatic carbocycles. The van der Waals surface area contributed by atoms with Gasteiger partial charge in [0, 0.05) is 12.8 Å². The molecule has 0 saturated heterocycles. The van der Waals surface area contributed by atoms with Crippen molar-refractivity contribution >= 4 is 11.9 Å². The lowest BCUT2D eigenvalue weighted by Crippen LogP contribution is -2.45. The number of esters is 1. The van der Waals surface area contributed by atoms with E-state index in [1.807, 2.05) is 0 Å². The largest absolute Gasteiger partial charge is 0.466 e. The van der Waals surface area contributed by atoms with Crippen molar-refractivity contribution in [3.63, 3.8) is 0 Å². The summed E-state index contributed by atoms with van der Waals surface area (Å²) in [7, 11) is 0. The maximum absolute atomic E-state index is 12.4. The number of rotatable bonds is 44. The minimum atomic E-state index is -0.683. The van der Waals surface area contributed by atoms with Gasteiger partial charge in [-0.3, -0.25) is 9.59 Å². The zero-order chi connectivity index (χ0) is 39.4. The summed E-state index contributed by atoms with van der Waals surface area (Å²) in [6.45, 7) is 4.86. The van der Waals surface area contributed by atoms with Crippen LogP contribution in [-0.2, 0) is 14.3 Å². The van der Waals surface area contributed by atoms with Gasteiger partial charge in [-0.2, -0.15) is 0 Å². The van der Waals surface area contributed by atoms with Crippen LogP contribution in [-0.4, -0.2) is 47.4 Å². The minimum absolute atomic E-state index is 0.0349. The van der Waals surface area contributed by atoms with E-state index in [1.54, 1.807) is 0 Å². The number of aliphatic hydroxyl groups excluding tert-OH is 2. The van der Waals surface area contributed by atoms with Gasteiger partial charge in [-0.1, -0.05) is 206 Å². The first-order valence-corrected chi connectivity index (χ1v) is 23.9. The SMILES string of the molecule is CCCCCCCCCCCCCCCCC(O)C(CO)NC(=O)CCCCCC/C=C\CCCCOC(=O)CCCCCCCCCCCCCCC. The summed E-state index contributed by atoms with van der Waals surface area (Å²) < 4.78 is 5.42. The molecule has 0 aromatic rings. The van der Waals surface area contributed by atoms with Crippen molar-refractivity contribution in [2.75, 3.05) is 13.2 Å². The van der Waals surface area contributed by atoms with Crippen LogP contribution in [0, 0.1) is 0 Å². The molecule has 0 fully saturated rings. The smallest absolute Gasteiger partial charge is 0.305 e. The Labute approximate surface area is 336 Å². The quantitative estimate of drug-likeness (QED) is 0.0326. The maximum Gasteiger partial charge on any atom is 0.305 e. The summed E-state index contributed by atoms with van der Waals surface area (Å²) in [4.78, 5) is 24.4. The van der Waals surface area contributed by atoms with Gasteiger partial charge in [0.2, 0.25) is 5.91 Å². The third kappa shape index (κ3) is 40.3. The Bertz CT molecular complexity index is 802. The number of allylic oxidation sites excluding steroid dienone is 2. The lowest BCUT2D eigenvalue weighted by molar-refractivity contribution is -0.143. The molecule has 0 aromatic heterocycles. The highest BCUT2D eigenvalue weighted by atomic mass is 16.5. The van der Waals surface area contributed by atoms with E-state index < -0.39 is 12.1 Å². The van der Waals surface area contributed by atoms with Crippen LogP contribution in [0.25, 0.3) is 0 Å². The van der Waals surface area contributed by atoms with Crippen LogP contribution < -0.4 is 5.32 Å². The first-order chi connectivity index (χ1) is 26.5. The van der Waals surface area contributed by atoms with Gasteiger partial charge in [-0.15, -0.1) is 0 Å². The zero-order valence-corrected chi connectivity index (χ0v) is 36.2. The van der Waals surface area contributed by atoms with Crippen LogP contribution in [0.15, 0.2) is 12.2 Å². The monoisotopic (exact) mass is 764 g/mol. The Morgan fingerprint density at radius 2 is 0.870 bits per heavy atom. The Morgan fingerprint density at radius 1 is 0.500 bits per heavy atom. The third-order valence-electron chi connectivity index (χ3n) is 11.1. The Morgan fingerprint density at radius 3 is 1.31 bits per heavy atom. The lowest BCUT2D eigenvalue weighted by atomic mass is 10.0. The summed E-state index contributed by atoms with van der Waals surface area (Å²) in [6, 6.07) is -0.564. The summed E-state index contributed by atoms with van der Waals surface area (Å²) in [5.74, 6) is -0.105. The molecule has 0 rings (SSSR count). The highest BCUT2D eigenvalue weighted by Crippen LogP contribution is 2.16. The van der Waals surface area contributed by atoms with E-state index in [1.165, 1.54) is 148 Å². The van der Waals surface area contributed by atoms with Crippen molar-refractivity contribution in [2.24, 2.45) is 0 Å². The first kappa shape index (κ1) is 52.6. The molecule has 0 aliphatic heterocycles. The molecular formula is C48H93NO5. The Balaban J connectivity index is 3.53. The third-order valence-corrected chi connectivity index (χ3v) is 11.1. The van der Waals surface area contributed by atoms with Crippen molar-refractivity contribution in [1.29, 1.82) is 0 Å². The van der Waals surface area contributed by atoms with Crippen LogP contribution >= 0.6 is 0 Å². The molecule has 2 atom stereocenters. The summed E-state index contributed by atoms with van der Waals surface area (Å²) >= 11 is 0. The van der Waals surface area contributed by atoms with Gasteiger partial charge in [0.25, 0.3) is 0 Å². The van der Waals surface area contributed by atoms with Crippen molar-refractivity contribution in [3.05, 3.63) is 12.2 Å². The van der Waals surface area contributed by atoms with Crippen LogP contribution in [0.5, 0.6) is 0 Å². The standard InChI is InChI=1S/C48H93NO5/c1-3-5-7-9-11-13-15-17-19-20-24-28-32-36-40-46(51)45(44-50)49-47(52)41-37-33-29-25-22-23-27-31-35-39-43-54-48(53)42-38-34-30-26-21-18-16-14-12-10-8-6-4-2/h23,27,45-46,50-51H,3-22,24-26,28-44H2,1-2H3,(H,49,52)/b27-23-. The number of carbonyl (C=O) groups is 2. The van der Waals surface area contributed by atoms with Gasteiger partial charge < -0.3 is 20.3 Å². The van der Waals surface area contributed by atoms with Crippen LogP contribution in [0.4, 0.5) is 0 Å². The second-order valence-corrected chi connectivity index (χ2v) is 16.4. The van der Waals surface area contributed by atoms with E-state index in [2.05, 4.69) is 31.3 Å².